The van der Waals surface area contributed by atoms with E-state index in [9.17, 15) is 4.79 Å². The highest BCUT2D eigenvalue weighted by atomic mass is 16.2. The molecule has 0 spiro atoms. The molecule has 1 amide bonds. The second-order valence-corrected chi connectivity index (χ2v) is 5.38. The van der Waals surface area contributed by atoms with Gasteiger partial charge in [0, 0.05) is 18.0 Å². The molecule has 0 aromatic heterocycles. The fourth-order valence-electron chi connectivity index (χ4n) is 2.47. The van der Waals surface area contributed by atoms with Crippen LogP contribution in [-0.2, 0) is 4.79 Å². The number of rotatable bonds is 5. The Hall–Kier alpha value is -0.570. The molecule has 94 valence electrons. The molecule has 0 aliphatic heterocycles. The first-order chi connectivity index (χ1) is 7.58. The van der Waals surface area contributed by atoms with E-state index < -0.39 is 0 Å². The zero-order valence-corrected chi connectivity index (χ0v) is 10.7. The van der Waals surface area contributed by atoms with Gasteiger partial charge >= 0.3 is 0 Å². The molecule has 0 aromatic rings. The van der Waals surface area contributed by atoms with E-state index in [2.05, 4.69) is 19.2 Å². The van der Waals surface area contributed by atoms with E-state index >= 15 is 0 Å². The molecule has 16 heavy (non-hydrogen) atoms. The molecule has 1 saturated carbocycles. The Labute approximate surface area is 99.2 Å². The molecular weight excluding hydrogens is 200 g/mol. The predicted molar refractivity (Wildman–Crippen MR) is 67.1 cm³/mol. The Morgan fingerprint density at radius 1 is 1.38 bits per heavy atom. The van der Waals surface area contributed by atoms with Crippen LogP contribution in [0.5, 0.6) is 0 Å². The fourth-order valence-corrected chi connectivity index (χ4v) is 2.47. The summed E-state index contributed by atoms with van der Waals surface area (Å²) in [6.07, 6.45) is 7.77. The van der Waals surface area contributed by atoms with Crippen molar-refractivity contribution in [3.8, 4) is 0 Å². The number of amides is 1. The number of carbonyl (C=O) groups is 1. The highest BCUT2D eigenvalue weighted by molar-refractivity contribution is 5.82. The van der Waals surface area contributed by atoms with Crippen LogP contribution in [0.25, 0.3) is 0 Å². The molecule has 0 aromatic carbocycles. The summed E-state index contributed by atoms with van der Waals surface area (Å²) < 4.78 is 0. The van der Waals surface area contributed by atoms with Crippen LogP contribution < -0.4 is 11.1 Å². The van der Waals surface area contributed by atoms with Crippen LogP contribution in [0.2, 0.25) is 0 Å². The molecule has 1 atom stereocenters. The van der Waals surface area contributed by atoms with Gasteiger partial charge in [0.1, 0.15) is 0 Å². The maximum Gasteiger partial charge on any atom is 0.225 e. The topological polar surface area (TPSA) is 55.1 Å². The number of hydrogen-bond donors (Lipinski definition) is 2. The van der Waals surface area contributed by atoms with Crippen LogP contribution >= 0.6 is 0 Å². The third kappa shape index (κ3) is 3.78. The van der Waals surface area contributed by atoms with Crippen molar-refractivity contribution in [1.82, 2.24) is 5.32 Å². The lowest BCUT2D eigenvalue weighted by molar-refractivity contribution is -0.131. The van der Waals surface area contributed by atoms with Crippen molar-refractivity contribution >= 4 is 5.91 Å². The maximum atomic E-state index is 12.1. The standard InChI is InChI=1S/C13H26N2O/c1-3-7-11(14)10-15-12(16)13(2)8-5-4-6-9-13/h11H,3-10,14H2,1-2H3,(H,15,16). The van der Waals surface area contributed by atoms with Crippen molar-refractivity contribution < 1.29 is 4.79 Å². The van der Waals surface area contributed by atoms with E-state index in [0.29, 0.717) is 6.54 Å². The molecule has 3 heteroatoms. The van der Waals surface area contributed by atoms with E-state index in [1.165, 1.54) is 19.3 Å². The van der Waals surface area contributed by atoms with Gasteiger partial charge in [-0.2, -0.15) is 0 Å². The lowest BCUT2D eigenvalue weighted by Crippen LogP contribution is -2.45. The Balaban J connectivity index is 2.33. The van der Waals surface area contributed by atoms with Gasteiger partial charge in [0.15, 0.2) is 0 Å². The lowest BCUT2D eigenvalue weighted by atomic mass is 9.75. The molecule has 3 nitrogen and oxygen atoms in total. The van der Waals surface area contributed by atoms with Crippen LogP contribution in [0, 0.1) is 5.41 Å². The molecular formula is C13H26N2O. The molecule has 1 fully saturated rings. The molecule has 0 heterocycles. The van der Waals surface area contributed by atoms with Crippen LogP contribution in [0.4, 0.5) is 0 Å². The number of carbonyl (C=O) groups excluding carboxylic acids is 1. The first-order valence-electron chi connectivity index (χ1n) is 6.62. The molecule has 0 bridgehead atoms. The minimum atomic E-state index is -0.135. The van der Waals surface area contributed by atoms with E-state index in [1.807, 2.05) is 0 Å². The molecule has 3 N–H and O–H groups in total. The maximum absolute atomic E-state index is 12.1. The van der Waals surface area contributed by atoms with Gasteiger partial charge in [0.2, 0.25) is 5.91 Å². The van der Waals surface area contributed by atoms with E-state index in [4.69, 9.17) is 5.73 Å². The van der Waals surface area contributed by atoms with Crippen LogP contribution in [0.3, 0.4) is 0 Å². The zero-order valence-electron chi connectivity index (χ0n) is 10.7. The minimum Gasteiger partial charge on any atom is -0.354 e. The van der Waals surface area contributed by atoms with Crippen molar-refractivity contribution in [2.24, 2.45) is 11.1 Å². The third-order valence-electron chi connectivity index (χ3n) is 3.69. The number of nitrogens with two attached hydrogens (primary N) is 1. The Morgan fingerprint density at radius 2 is 2.00 bits per heavy atom. The molecule has 1 unspecified atom stereocenters. The summed E-state index contributed by atoms with van der Waals surface area (Å²) in [5.41, 5.74) is 5.76. The summed E-state index contributed by atoms with van der Waals surface area (Å²) in [5, 5.41) is 3.01. The Morgan fingerprint density at radius 3 is 2.56 bits per heavy atom. The van der Waals surface area contributed by atoms with Crippen molar-refractivity contribution in [2.75, 3.05) is 6.54 Å². The van der Waals surface area contributed by atoms with E-state index in [-0.39, 0.29) is 17.4 Å². The third-order valence-corrected chi connectivity index (χ3v) is 3.69. The fraction of sp³-hybridized carbons (Fsp3) is 0.923. The van der Waals surface area contributed by atoms with Crippen molar-refractivity contribution in [3.05, 3.63) is 0 Å². The van der Waals surface area contributed by atoms with Crippen LogP contribution in [0.15, 0.2) is 0 Å². The quantitative estimate of drug-likeness (QED) is 0.755. The van der Waals surface area contributed by atoms with Gasteiger partial charge in [-0.25, -0.2) is 0 Å². The molecule has 1 aliphatic carbocycles. The summed E-state index contributed by atoms with van der Waals surface area (Å²) in [6, 6.07) is 0.112. The van der Waals surface area contributed by atoms with Gasteiger partial charge in [0.05, 0.1) is 0 Å². The highest BCUT2D eigenvalue weighted by Gasteiger charge is 2.34. The van der Waals surface area contributed by atoms with Crippen molar-refractivity contribution in [2.45, 2.75) is 64.8 Å². The highest BCUT2D eigenvalue weighted by Crippen LogP contribution is 2.35. The first kappa shape index (κ1) is 13.5. The van der Waals surface area contributed by atoms with Gasteiger partial charge < -0.3 is 11.1 Å². The summed E-state index contributed by atoms with van der Waals surface area (Å²) in [5.74, 6) is 0.207. The van der Waals surface area contributed by atoms with E-state index in [0.717, 1.165) is 25.7 Å². The van der Waals surface area contributed by atoms with Gasteiger partial charge in [-0.3, -0.25) is 4.79 Å². The normalized spacial score (nSPS) is 21.4. The summed E-state index contributed by atoms with van der Waals surface area (Å²) >= 11 is 0. The molecule has 1 aliphatic rings. The van der Waals surface area contributed by atoms with Crippen LogP contribution in [-0.4, -0.2) is 18.5 Å². The minimum absolute atomic E-state index is 0.112. The second-order valence-electron chi connectivity index (χ2n) is 5.38. The average Bonchev–Trinajstić information content (AvgIpc) is 2.27. The lowest BCUT2D eigenvalue weighted by Gasteiger charge is -2.32. The van der Waals surface area contributed by atoms with Gasteiger partial charge in [-0.05, 0) is 19.3 Å². The number of nitrogens with one attached hydrogen (secondary N) is 1. The average molecular weight is 226 g/mol. The Bertz CT molecular complexity index is 222. The van der Waals surface area contributed by atoms with Gasteiger partial charge in [-0.1, -0.05) is 39.5 Å². The first-order valence-corrected chi connectivity index (χ1v) is 6.62. The zero-order chi connectivity index (χ0) is 12.0. The van der Waals surface area contributed by atoms with Crippen LogP contribution in [0.1, 0.15) is 58.8 Å². The SMILES string of the molecule is CCCC(N)CNC(=O)C1(C)CCCCC1. The Kier molecular flexibility index (Phi) is 5.26. The number of hydrogen-bond acceptors (Lipinski definition) is 2. The summed E-state index contributed by atoms with van der Waals surface area (Å²) in [7, 11) is 0. The molecule has 0 radical (unpaired) electrons. The summed E-state index contributed by atoms with van der Waals surface area (Å²) in [6.45, 7) is 4.83. The summed E-state index contributed by atoms with van der Waals surface area (Å²) in [4.78, 5) is 12.1. The van der Waals surface area contributed by atoms with Crippen molar-refractivity contribution in [3.63, 3.8) is 0 Å². The molecule has 1 rings (SSSR count). The predicted octanol–water partition coefficient (Wildman–Crippen LogP) is 2.20. The monoisotopic (exact) mass is 226 g/mol. The van der Waals surface area contributed by atoms with Crippen molar-refractivity contribution in [1.29, 1.82) is 0 Å². The molecule has 0 saturated heterocycles. The second kappa shape index (κ2) is 6.24. The largest absolute Gasteiger partial charge is 0.354 e. The van der Waals surface area contributed by atoms with Gasteiger partial charge in [0.25, 0.3) is 0 Å². The van der Waals surface area contributed by atoms with E-state index in [1.54, 1.807) is 0 Å². The smallest absolute Gasteiger partial charge is 0.225 e. The van der Waals surface area contributed by atoms with Gasteiger partial charge in [-0.15, -0.1) is 0 Å².